The molecule has 4 rings (SSSR count). The zero-order valence-corrected chi connectivity index (χ0v) is 19.7. The minimum Gasteiger partial charge on any atom is -0.345 e. The first-order chi connectivity index (χ1) is 14.3. The molecule has 0 N–H and O–H groups in total. The van der Waals surface area contributed by atoms with E-state index in [-0.39, 0.29) is 9.92 Å². The van der Waals surface area contributed by atoms with Crippen molar-refractivity contribution in [2.24, 2.45) is 0 Å². The highest BCUT2D eigenvalue weighted by Gasteiger charge is 2.30. The van der Waals surface area contributed by atoms with Crippen LogP contribution >= 0.6 is 46.1 Å². The lowest BCUT2D eigenvalue weighted by Crippen LogP contribution is -2.48. The molecule has 5 nitrogen and oxygen atoms in total. The third kappa shape index (κ3) is 4.77. The molecule has 2 heterocycles. The van der Waals surface area contributed by atoms with Crippen LogP contribution in [-0.4, -0.2) is 43.9 Å². The monoisotopic (exact) mass is 501 g/mol. The van der Waals surface area contributed by atoms with E-state index < -0.39 is 10.0 Å². The Kier molecular flexibility index (Phi) is 6.58. The van der Waals surface area contributed by atoms with Crippen molar-refractivity contribution in [1.82, 2.24) is 9.29 Å². The summed E-state index contributed by atoms with van der Waals surface area (Å²) in [6, 6.07) is 12.2. The molecule has 0 aliphatic carbocycles. The molecule has 1 aromatic heterocycles. The van der Waals surface area contributed by atoms with Crippen molar-refractivity contribution in [3.8, 4) is 0 Å². The van der Waals surface area contributed by atoms with Crippen LogP contribution in [0, 0.1) is 0 Å². The summed E-state index contributed by atoms with van der Waals surface area (Å²) in [5, 5.41) is 4.20. The first-order valence-electron chi connectivity index (χ1n) is 9.22. The SMILES string of the molecule is O=S(=O)(c1ccc(Cl)cc1Cl)N1CCN(c2nc(Cc3ccc(Cl)cc3)cs2)CC1. The molecule has 1 fully saturated rings. The van der Waals surface area contributed by atoms with Crippen LogP contribution < -0.4 is 4.90 Å². The molecule has 0 amide bonds. The highest BCUT2D eigenvalue weighted by molar-refractivity contribution is 7.89. The molecule has 1 aliphatic heterocycles. The third-order valence-corrected chi connectivity index (χ3v) is 8.68. The predicted molar refractivity (Wildman–Crippen MR) is 124 cm³/mol. The Labute approximate surface area is 194 Å². The summed E-state index contributed by atoms with van der Waals surface area (Å²) >= 11 is 19.5. The van der Waals surface area contributed by atoms with Gasteiger partial charge in [-0.3, -0.25) is 0 Å². The number of piperazine rings is 1. The standard InChI is InChI=1S/C20H18Cl3N3O2S2/c21-15-3-1-14(2-4-15)11-17-13-29-20(24-17)25-7-9-26(10-8-25)30(27,28)19-6-5-16(22)12-18(19)23/h1-6,12-13H,7-11H2. The van der Waals surface area contributed by atoms with Gasteiger partial charge in [0.25, 0.3) is 0 Å². The minimum absolute atomic E-state index is 0.0847. The number of rotatable bonds is 5. The molecular weight excluding hydrogens is 485 g/mol. The molecule has 158 valence electrons. The van der Waals surface area contributed by atoms with Gasteiger partial charge in [0, 0.05) is 48.0 Å². The second kappa shape index (κ2) is 9.02. The molecule has 2 aromatic carbocycles. The topological polar surface area (TPSA) is 53.5 Å². The summed E-state index contributed by atoms with van der Waals surface area (Å²) < 4.78 is 27.4. The van der Waals surface area contributed by atoms with Gasteiger partial charge in [-0.05, 0) is 35.9 Å². The van der Waals surface area contributed by atoms with Gasteiger partial charge in [-0.25, -0.2) is 13.4 Å². The van der Waals surface area contributed by atoms with E-state index in [4.69, 9.17) is 39.8 Å². The van der Waals surface area contributed by atoms with Crippen molar-refractivity contribution < 1.29 is 8.42 Å². The van der Waals surface area contributed by atoms with E-state index in [1.54, 1.807) is 11.3 Å². The second-order valence-electron chi connectivity index (χ2n) is 6.89. The van der Waals surface area contributed by atoms with E-state index in [1.165, 1.54) is 22.5 Å². The number of thiazole rings is 1. The van der Waals surface area contributed by atoms with Crippen LogP contribution in [0.4, 0.5) is 5.13 Å². The van der Waals surface area contributed by atoms with Crippen LogP contribution in [0.3, 0.4) is 0 Å². The van der Waals surface area contributed by atoms with Crippen LogP contribution in [0.1, 0.15) is 11.3 Å². The van der Waals surface area contributed by atoms with Crippen molar-refractivity contribution >= 4 is 61.3 Å². The molecule has 1 saturated heterocycles. The van der Waals surface area contributed by atoms with Gasteiger partial charge in [0.2, 0.25) is 10.0 Å². The zero-order valence-electron chi connectivity index (χ0n) is 15.8. The van der Waals surface area contributed by atoms with Gasteiger partial charge in [0.1, 0.15) is 4.90 Å². The van der Waals surface area contributed by atoms with Gasteiger partial charge in [-0.2, -0.15) is 4.31 Å². The summed E-state index contributed by atoms with van der Waals surface area (Å²) in [7, 11) is -3.67. The maximum absolute atomic E-state index is 13.0. The summed E-state index contributed by atoms with van der Waals surface area (Å²) in [6.07, 6.45) is 0.733. The molecule has 1 aliphatic rings. The maximum atomic E-state index is 13.0. The lowest BCUT2D eigenvalue weighted by atomic mass is 10.1. The van der Waals surface area contributed by atoms with Crippen LogP contribution in [0.5, 0.6) is 0 Å². The molecule has 3 aromatic rings. The number of aromatic nitrogens is 1. The normalized spacial score (nSPS) is 15.5. The molecule has 0 spiro atoms. The number of benzene rings is 2. The van der Waals surface area contributed by atoms with Crippen molar-refractivity contribution in [3.05, 3.63) is 74.2 Å². The lowest BCUT2D eigenvalue weighted by Gasteiger charge is -2.33. The van der Waals surface area contributed by atoms with E-state index in [2.05, 4.69) is 4.90 Å². The smallest absolute Gasteiger partial charge is 0.244 e. The van der Waals surface area contributed by atoms with Crippen LogP contribution in [0.15, 0.2) is 52.7 Å². The molecule has 0 atom stereocenters. The Morgan fingerprint density at radius 1 is 0.933 bits per heavy atom. The minimum atomic E-state index is -3.67. The fourth-order valence-corrected chi connectivity index (χ4v) is 6.45. The van der Waals surface area contributed by atoms with Crippen molar-refractivity contribution in [3.63, 3.8) is 0 Å². The van der Waals surface area contributed by atoms with Gasteiger partial charge in [-0.15, -0.1) is 11.3 Å². The largest absolute Gasteiger partial charge is 0.345 e. The van der Waals surface area contributed by atoms with Crippen LogP contribution in [-0.2, 0) is 16.4 Å². The number of hydrogen-bond donors (Lipinski definition) is 0. The van der Waals surface area contributed by atoms with E-state index >= 15 is 0 Å². The summed E-state index contributed by atoms with van der Waals surface area (Å²) in [4.78, 5) is 6.93. The molecule has 0 unspecified atom stereocenters. The van der Waals surface area contributed by atoms with Gasteiger partial charge in [0.05, 0.1) is 10.7 Å². The van der Waals surface area contributed by atoms with E-state index in [1.807, 2.05) is 29.6 Å². The number of nitrogens with zero attached hydrogens (tertiary/aromatic N) is 3. The summed E-state index contributed by atoms with van der Waals surface area (Å²) in [5.41, 5.74) is 2.13. The highest BCUT2D eigenvalue weighted by atomic mass is 35.5. The van der Waals surface area contributed by atoms with Crippen LogP contribution in [0.2, 0.25) is 15.1 Å². The summed E-state index contributed by atoms with van der Waals surface area (Å²) in [5.74, 6) is 0. The van der Waals surface area contributed by atoms with Gasteiger partial charge in [-0.1, -0.05) is 46.9 Å². The molecule has 0 radical (unpaired) electrons. The third-order valence-electron chi connectivity index (χ3n) is 4.86. The fourth-order valence-electron chi connectivity index (χ4n) is 3.28. The molecular formula is C20H18Cl3N3O2S2. The second-order valence-corrected chi connectivity index (χ2v) is 10.9. The lowest BCUT2D eigenvalue weighted by molar-refractivity contribution is 0.384. The molecule has 0 bridgehead atoms. The Hall–Kier alpha value is -1.35. The van der Waals surface area contributed by atoms with Crippen LogP contribution in [0.25, 0.3) is 0 Å². The van der Waals surface area contributed by atoms with Gasteiger partial charge < -0.3 is 4.90 Å². The number of anilines is 1. The Balaban J connectivity index is 1.41. The first kappa shape index (κ1) is 21.9. The van der Waals surface area contributed by atoms with E-state index in [9.17, 15) is 8.42 Å². The van der Waals surface area contributed by atoms with Crippen molar-refractivity contribution in [1.29, 1.82) is 0 Å². The number of halogens is 3. The van der Waals surface area contributed by atoms with Gasteiger partial charge >= 0.3 is 0 Å². The Bertz CT molecular complexity index is 1140. The number of hydrogen-bond acceptors (Lipinski definition) is 5. The Morgan fingerprint density at radius 2 is 1.60 bits per heavy atom. The van der Waals surface area contributed by atoms with Crippen molar-refractivity contribution in [2.75, 3.05) is 31.1 Å². The zero-order chi connectivity index (χ0) is 21.3. The highest BCUT2D eigenvalue weighted by Crippen LogP contribution is 2.29. The van der Waals surface area contributed by atoms with E-state index in [0.29, 0.717) is 36.2 Å². The van der Waals surface area contributed by atoms with Crippen molar-refractivity contribution in [2.45, 2.75) is 11.3 Å². The summed E-state index contributed by atoms with van der Waals surface area (Å²) in [6.45, 7) is 1.87. The van der Waals surface area contributed by atoms with E-state index in [0.717, 1.165) is 22.8 Å². The number of sulfonamides is 1. The first-order valence-corrected chi connectivity index (χ1v) is 12.7. The maximum Gasteiger partial charge on any atom is 0.244 e. The Morgan fingerprint density at radius 3 is 2.27 bits per heavy atom. The van der Waals surface area contributed by atoms with Gasteiger partial charge in [0.15, 0.2) is 5.13 Å². The molecule has 0 saturated carbocycles. The average Bonchev–Trinajstić information content (AvgIpc) is 3.18. The molecule has 30 heavy (non-hydrogen) atoms. The molecule has 10 heteroatoms. The predicted octanol–water partition coefficient (Wildman–Crippen LogP) is 5.21. The fraction of sp³-hybridized carbons (Fsp3) is 0.250. The average molecular weight is 503 g/mol. The quantitative estimate of drug-likeness (QED) is 0.481.